The van der Waals surface area contributed by atoms with Crippen molar-refractivity contribution in [2.24, 2.45) is 5.92 Å². The molecule has 2 amide bonds. The number of likely N-dealkylation sites (tertiary alicyclic amines) is 1. The van der Waals surface area contributed by atoms with Crippen molar-refractivity contribution in [2.45, 2.75) is 52.4 Å². The molecular formula is C26H33BrN2O3. The fraction of sp³-hybridized carbons (Fsp3) is 0.462. The normalized spacial score (nSPS) is 14.3. The number of piperidine rings is 1. The lowest BCUT2D eigenvalue weighted by molar-refractivity contribution is 0.0698. The van der Waals surface area contributed by atoms with Gasteiger partial charge in [0.05, 0.1) is 23.4 Å². The van der Waals surface area contributed by atoms with Gasteiger partial charge < -0.3 is 15.0 Å². The minimum Gasteiger partial charge on any atom is -0.493 e. The summed E-state index contributed by atoms with van der Waals surface area (Å²) in [4.78, 5) is 28.2. The molecule has 1 heterocycles. The molecule has 0 atom stereocenters. The lowest BCUT2D eigenvalue weighted by atomic mass is 9.98. The molecule has 0 aliphatic carbocycles. The Hall–Kier alpha value is -2.34. The molecule has 0 radical (unpaired) electrons. The number of hydrogen-bond donors (Lipinski definition) is 1. The molecule has 0 saturated carbocycles. The van der Waals surface area contributed by atoms with Crippen molar-refractivity contribution >= 4 is 33.4 Å². The van der Waals surface area contributed by atoms with E-state index in [0.29, 0.717) is 35.1 Å². The summed E-state index contributed by atoms with van der Waals surface area (Å²) in [6, 6.07) is 12.7. The smallest absolute Gasteiger partial charge is 0.259 e. The Morgan fingerprint density at radius 3 is 2.56 bits per heavy atom. The van der Waals surface area contributed by atoms with Gasteiger partial charge in [-0.05, 0) is 55.5 Å². The predicted molar refractivity (Wildman–Crippen MR) is 132 cm³/mol. The molecule has 1 aliphatic rings. The number of nitrogens with zero attached hydrogens (tertiary/aromatic N) is 1. The number of amides is 2. The summed E-state index contributed by atoms with van der Waals surface area (Å²) in [5.41, 5.74) is 1.49. The number of nitrogens with one attached hydrogen (secondary N) is 1. The van der Waals surface area contributed by atoms with Gasteiger partial charge in [-0.2, -0.15) is 0 Å². The first-order valence-corrected chi connectivity index (χ1v) is 12.4. The van der Waals surface area contributed by atoms with Crippen LogP contribution in [0.2, 0.25) is 0 Å². The van der Waals surface area contributed by atoms with Crippen molar-refractivity contribution in [1.82, 2.24) is 4.90 Å². The fourth-order valence-electron chi connectivity index (χ4n) is 3.87. The van der Waals surface area contributed by atoms with E-state index in [1.165, 1.54) is 12.8 Å². The largest absolute Gasteiger partial charge is 0.493 e. The topological polar surface area (TPSA) is 58.6 Å². The van der Waals surface area contributed by atoms with Crippen molar-refractivity contribution in [3.8, 4) is 5.75 Å². The number of halogens is 1. The second-order valence-electron chi connectivity index (χ2n) is 8.52. The number of hydrogen-bond acceptors (Lipinski definition) is 3. The summed E-state index contributed by atoms with van der Waals surface area (Å²) in [5, 5.41) is 2.95. The Balaban J connectivity index is 1.73. The first-order valence-electron chi connectivity index (χ1n) is 11.6. The average molecular weight is 501 g/mol. The lowest BCUT2D eigenvalue weighted by Crippen LogP contribution is -2.38. The summed E-state index contributed by atoms with van der Waals surface area (Å²) in [7, 11) is 0. The molecule has 0 unspecified atom stereocenters. The van der Waals surface area contributed by atoms with Crippen LogP contribution in [-0.2, 0) is 0 Å². The van der Waals surface area contributed by atoms with Gasteiger partial charge in [-0.1, -0.05) is 61.2 Å². The van der Waals surface area contributed by atoms with Crippen LogP contribution in [0.15, 0.2) is 46.9 Å². The summed E-state index contributed by atoms with van der Waals surface area (Å²) in [6.07, 6.45) is 6.43. The Labute approximate surface area is 199 Å². The van der Waals surface area contributed by atoms with E-state index in [1.807, 2.05) is 29.2 Å². The molecule has 1 fully saturated rings. The number of rotatable bonds is 9. The Bertz CT molecular complexity index is 923. The second-order valence-corrected chi connectivity index (χ2v) is 9.44. The SMILES string of the molecule is CCCCCCOc1ccc(Br)cc1C(=O)Nc1ccccc1C(=O)N1CCC(C)CC1. The maximum absolute atomic E-state index is 13.2. The van der Waals surface area contributed by atoms with Crippen molar-refractivity contribution in [3.05, 3.63) is 58.1 Å². The van der Waals surface area contributed by atoms with E-state index in [9.17, 15) is 9.59 Å². The zero-order valence-corrected chi connectivity index (χ0v) is 20.6. The number of unbranched alkanes of at least 4 members (excludes halogenated alkanes) is 3. The van der Waals surface area contributed by atoms with Gasteiger partial charge in [-0.15, -0.1) is 0 Å². The standard InChI is InChI=1S/C26H33BrN2O3/c1-3-4-5-8-17-32-24-12-11-20(27)18-22(24)25(30)28-23-10-7-6-9-21(23)26(31)29-15-13-19(2)14-16-29/h6-7,9-12,18-19H,3-5,8,13-17H2,1-2H3,(H,28,30). The maximum atomic E-state index is 13.2. The van der Waals surface area contributed by atoms with Crippen LogP contribution in [0, 0.1) is 5.92 Å². The van der Waals surface area contributed by atoms with Crippen LogP contribution in [0.25, 0.3) is 0 Å². The van der Waals surface area contributed by atoms with Gasteiger partial charge in [0, 0.05) is 17.6 Å². The quantitative estimate of drug-likeness (QED) is 0.398. The molecule has 0 aromatic heterocycles. The molecule has 6 heteroatoms. The Morgan fingerprint density at radius 1 is 1.06 bits per heavy atom. The highest BCUT2D eigenvalue weighted by atomic mass is 79.9. The molecule has 2 aromatic carbocycles. The minimum atomic E-state index is -0.289. The van der Waals surface area contributed by atoms with Crippen molar-refractivity contribution in [1.29, 1.82) is 0 Å². The van der Waals surface area contributed by atoms with Crippen LogP contribution in [0.4, 0.5) is 5.69 Å². The summed E-state index contributed by atoms with van der Waals surface area (Å²) >= 11 is 3.45. The van der Waals surface area contributed by atoms with E-state index in [0.717, 1.165) is 43.2 Å². The number of benzene rings is 2. The molecule has 0 bridgehead atoms. The van der Waals surface area contributed by atoms with Gasteiger partial charge in [-0.25, -0.2) is 0 Å². The number of carbonyl (C=O) groups excluding carboxylic acids is 2. The fourth-order valence-corrected chi connectivity index (χ4v) is 4.23. The van der Waals surface area contributed by atoms with Crippen molar-refractivity contribution in [2.75, 3.05) is 25.0 Å². The minimum absolute atomic E-state index is 0.0329. The van der Waals surface area contributed by atoms with E-state index in [2.05, 4.69) is 35.1 Å². The van der Waals surface area contributed by atoms with E-state index in [-0.39, 0.29) is 11.8 Å². The van der Waals surface area contributed by atoms with Gasteiger partial charge in [-0.3, -0.25) is 9.59 Å². The molecule has 1 N–H and O–H groups in total. The molecule has 5 nitrogen and oxygen atoms in total. The molecule has 2 aromatic rings. The van der Waals surface area contributed by atoms with Crippen molar-refractivity contribution < 1.29 is 14.3 Å². The third-order valence-corrected chi connectivity index (χ3v) is 6.41. The molecule has 0 spiro atoms. The number of ether oxygens (including phenoxy) is 1. The van der Waals surface area contributed by atoms with E-state index < -0.39 is 0 Å². The van der Waals surface area contributed by atoms with Gasteiger partial charge in [0.25, 0.3) is 11.8 Å². The van der Waals surface area contributed by atoms with Gasteiger partial charge in [0.15, 0.2) is 0 Å². The van der Waals surface area contributed by atoms with Crippen LogP contribution in [-0.4, -0.2) is 36.4 Å². The summed E-state index contributed by atoms with van der Waals surface area (Å²) in [5.74, 6) is 0.874. The highest BCUT2D eigenvalue weighted by Gasteiger charge is 2.24. The summed E-state index contributed by atoms with van der Waals surface area (Å²) in [6.45, 7) is 6.47. The van der Waals surface area contributed by atoms with Gasteiger partial charge in [0.2, 0.25) is 0 Å². The third-order valence-electron chi connectivity index (χ3n) is 5.92. The Morgan fingerprint density at radius 2 is 1.81 bits per heavy atom. The first kappa shape index (κ1) is 24.3. The van der Waals surface area contributed by atoms with Crippen LogP contribution >= 0.6 is 15.9 Å². The second kappa shape index (κ2) is 12.0. The van der Waals surface area contributed by atoms with E-state index >= 15 is 0 Å². The monoisotopic (exact) mass is 500 g/mol. The first-order chi connectivity index (χ1) is 15.5. The van der Waals surface area contributed by atoms with Crippen LogP contribution in [0.5, 0.6) is 5.75 Å². The number of para-hydroxylation sites is 1. The molecule has 32 heavy (non-hydrogen) atoms. The van der Waals surface area contributed by atoms with Crippen LogP contribution in [0.1, 0.15) is 73.1 Å². The lowest BCUT2D eigenvalue weighted by Gasteiger charge is -2.30. The molecule has 1 saturated heterocycles. The van der Waals surface area contributed by atoms with Crippen LogP contribution < -0.4 is 10.1 Å². The molecular weight excluding hydrogens is 468 g/mol. The van der Waals surface area contributed by atoms with Gasteiger partial charge in [0.1, 0.15) is 5.75 Å². The highest BCUT2D eigenvalue weighted by Crippen LogP contribution is 2.27. The molecule has 172 valence electrons. The Kier molecular flexibility index (Phi) is 9.15. The van der Waals surface area contributed by atoms with Crippen molar-refractivity contribution in [3.63, 3.8) is 0 Å². The number of anilines is 1. The zero-order chi connectivity index (χ0) is 22.9. The molecule has 3 rings (SSSR count). The van der Waals surface area contributed by atoms with Crippen LogP contribution in [0.3, 0.4) is 0 Å². The third kappa shape index (κ3) is 6.58. The number of carbonyl (C=O) groups is 2. The zero-order valence-electron chi connectivity index (χ0n) is 19.0. The van der Waals surface area contributed by atoms with Gasteiger partial charge >= 0.3 is 0 Å². The maximum Gasteiger partial charge on any atom is 0.259 e. The average Bonchev–Trinajstić information content (AvgIpc) is 2.80. The summed E-state index contributed by atoms with van der Waals surface area (Å²) < 4.78 is 6.72. The molecule has 1 aliphatic heterocycles. The van der Waals surface area contributed by atoms with E-state index in [1.54, 1.807) is 18.2 Å². The predicted octanol–water partition coefficient (Wildman–Crippen LogP) is 6.53. The van der Waals surface area contributed by atoms with E-state index in [4.69, 9.17) is 4.74 Å². The highest BCUT2D eigenvalue weighted by molar-refractivity contribution is 9.10.